The summed E-state index contributed by atoms with van der Waals surface area (Å²) >= 11 is 0. The average molecular weight is 229 g/mol. The van der Waals surface area contributed by atoms with Crippen molar-refractivity contribution in [2.75, 3.05) is 0 Å². The van der Waals surface area contributed by atoms with Gasteiger partial charge >= 0.3 is 0 Å². The van der Waals surface area contributed by atoms with Gasteiger partial charge in [-0.25, -0.2) is 0 Å². The van der Waals surface area contributed by atoms with Crippen molar-refractivity contribution >= 4 is 6.29 Å². The van der Waals surface area contributed by atoms with E-state index in [0.29, 0.717) is 22.9 Å². The van der Waals surface area contributed by atoms with Crippen molar-refractivity contribution < 1.29 is 9.32 Å². The normalized spacial score (nSPS) is 10.8. The van der Waals surface area contributed by atoms with Gasteiger partial charge < -0.3 is 4.52 Å². The summed E-state index contributed by atoms with van der Waals surface area (Å²) in [5.74, 6) is 1.04. The van der Waals surface area contributed by atoms with Crippen LogP contribution in [0.3, 0.4) is 0 Å². The highest BCUT2D eigenvalue weighted by atomic mass is 16.5. The van der Waals surface area contributed by atoms with Crippen LogP contribution in [0.4, 0.5) is 0 Å². The molecule has 0 amide bonds. The van der Waals surface area contributed by atoms with Crippen LogP contribution in [0, 0.1) is 6.92 Å². The van der Waals surface area contributed by atoms with Gasteiger partial charge in [-0.05, 0) is 18.4 Å². The fourth-order valence-corrected chi connectivity index (χ4v) is 1.74. The zero-order valence-corrected chi connectivity index (χ0v) is 10.2. The monoisotopic (exact) mass is 229 g/mol. The Kier molecular flexibility index (Phi) is 3.09. The van der Waals surface area contributed by atoms with Gasteiger partial charge in [0.15, 0.2) is 12.0 Å². The molecule has 0 aliphatic rings. The van der Waals surface area contributed by atoms with Crippen molar-refractivity contribution in [2.24, 2.45) is 0 Å². The van der Waals surface area contributed by atoms with Crippen LogP contribution in [0.1, 0.15) is 41.4 Å². The van der Waals surface area contributed by atoms with Crippen molar-refractivity contribution in [2.45, 2.75) is 26.7 Å². The highest BCUT2D eigenvalue weighted by molar-refractivity contribution is 5.86. The summed E-state index contributed by atoms with van der Waals surface area (Å²) in [5.41, 5.74) is 3.31. The molecule has 0 saturated heterocycles. The molecule has 88 valence electrons. The number of aromatic nitrogens is 1. The van der Waals surface area contributed by atoms with Gasteiger partial charge in [0, 0.05) is 5.56 Å². The summed E-state index contributed by atoms with van der Waals surface area (Å²) in [6.07, 6.45) is 0.789. The summed E-state index contributed by atoms with van der Waals surface area (Å²) in [6.45, 7) is 6.05. The molecule has 17 heavy (non-hydrogen) atoms. The van der Waals surface area contributed by atoms with E-state index in [1.54, 1.807) is 6.92 Å². The predicted octanol–water partition coefficient (Wildman–Crippen LogP) is 3.59. The lowest BCUT2D eigenvalue weighted by Crippen LogP contribution is -1.88. The van der Waals surface area contributed by atoms with Gasteiger partial charge in [-0.15, -0.1) is 0 Å². The molecule has 0 radical (unpaired) electrons. The maximum atomic E-state index is 11.0. The van der Waals surface area contributed by atoms with Crippen molar-refractivity contribution in [3.8, 4) is 11.3 Å². The van der Waals surface area contributed by atoms with E-state index in [4.69, 9.17) is 4.52 Å². The molecule has 0 fully saturated rings. The van der Waals surface area contributed by atoms with Crippen LogP contribution >= 0.6 is 0 Å². The first-order valence-electron chi connectivity index (χ1n) is 5.65. The van der Waals surface area contributed by atoms with E-state index in [1.807, 2.05) is 24.3 Å². The van der Waals surface area contributed by atoms with Gasteiger partial charge in [-0.1, -0.05) is 43.3 Å². The Morgan fingerprint density at radius 3 is 2.41 bits per heavy atom. The number of nitrogens with zero attached hydrogens (tertiary/aromatic N) is 1. The fraction of sp³-hybridized carbons (Fsp3) is 0.286. The van der Waals surface area contributed by atoms with Gasteiger partial charge in [0.1, 0.15) is 0 Å². The molecular weight excluding hydrogens is 214 g/mol. The number of aryl methyl sites for hydroxylation is 1. The predicted molar refractivity (Wildman–Crippen MR) is 66.2 cm³/mol. The molecule has 0 saturated carbocycles. The molecule has 0 aliphatic carbocycles. The lowest BCUT2D eigenvalue weighted by molar-refractivity contribution is 0.112. The SMILES string of the molecule is Cc1noc(-c2ccc(C(C)C)cc2)c1C=O. The number of carbonyl (C=O) groups is 1. The van der Waals surface area contributed by atoms with Gasteiger partial charge in [-0.3, -0.25) is 4.79 Å². The van der Waals surface area contributed by atoms with Crippen molar-refractivity contribution in [1.82, 2.24) is 5.16 Å². The molecule has 1 aromatic carbocycles. The average Bonchev–Trinajstić information content (AvgIpc) is 2.70. The first kappa shape index (κ1) is 11.6. The lowest BCUT2D eigenvalue weighted by Gasteiger charge is -2.05. The van der Waals surface area contributed by atoms with Crippen LogP contribution in [0.25, 0.3) is 11.3 Å². The van der Waals surface area contributed by atoms with Crippen LogP contribution in [0.2, 0.25) is 0 Å². The summed E-state index contributed by atoms with van der Waals surface area (Å²) in [6, 6.07) is 8.02. The zero-order chi connectivity index (χ0) is 12.4. The second-order valence-electron chi connectivity index (χ2n) is 4.41. The first-order chi connectivity index (χ1) is 8.13. The second kappa shape index (κ2) is 4.53. The molecule has 3 heteroatoms. The third kappa shape index (κ3) is 2.13. The Morgan fingerprint density at radius 2 is 1.88 bits per heavy atom. The number of benzene rings is 1. The highest BCUT2D eigenvalue weighted by Gasteiger charge is 2.14. The van der Waals surface area contributed by atoms with E-state index in [-0.39, 0.29) is 0 Å². The molecule has 0 unspecified atom stereocenters. The van der Waals surface area contributed by atoms with Crippen molar-refractivity contribution in [3.63, 3.8) is 0 Å². The molecule has 0 aliphatic heterocycles. The Balaban J connectivity index is 2.43. The van der Waals surface area contributed by atoms with E-state index in [0.717, 1.165) is 11.8 Å². The standard InChI is InChI=1S/C14H15NO2/c1-9(2)11-4-6-12(7-5-11)14-13(8-16)10(3)15-17-14/h4-9H,1-3H3. The van der Waals surface area contributed by atoms with Gasteiger partial charge in [0.2, 0.25) is 0 Å². The van der Waals surface area contributed by atoms with E-state index in [9.17, 15) is 4.79 Å². The lowest BCUT2D eigenvalue weighted by atomic mass is 10.00. The molecule has 0 N–H and O–H groups in total. The number of carbonyl (C=O) groups excluding carboxylic acids is 1. The molecule has 3 nitrogen and oxygen atoms in total. The van der Waals surface area contributed by atoms with Gasteiger partial charge in [0.25, 0.3) is 0 Å². The molecule has 0 bridgehead atoms. The largest absolute Gasteiger partial charge is 0.355 e. The minimum Gasteiger partial charge on any atom is -0.355 e. The summed E-state index contributed by atoms with van der Waals surface area (Å²) in [4.78, 5) is 11.0. The topological polar surface area (TPSA) is 43.1 Å². The Bertz CT molecular complexity index is 524. The highest BCUT2D eigenvalue weighted by Crippen LogP contribution is 2.26. The number of aldehydes is 1. The third-order valence-corrected chi connectivity index (χ3v) is 2.87. The summed E-state index contributed by atoms with van der Waals surface area (Å²) in [5, 5.41) is 3.82. The maximum absolute atomic E-state index is 11.0. The van der Waals surface area contributed by atoms with E-state index >= 15 is 0 Å². The maximum Gasteiger partial charge on any atom is 0.177 e. The molecule has 2 aromatic rings. The van der Waals surface area contributed by atoms with E-state index in [1.165, 1.54) is 5.56 Å². The summed E-state index contributed by atoms with van der Waals surface area (Å²) < 4.78 is 5.19. The Hall–Kier alpha value is -1.90. The van der Waals surface area contributed by atoms with E-state index < -0.39 is 0 Å². The number of hydrogen-bond donors (Lipinski definition) is 0. The van der Waals surface area contributed by atoms with Crippen LogP contribution in [0.5, 0.6) is 0 Å². The third-order valence-electron chi connectivity index (χ3n) is 2.87. The molecule has 1 aromatic heterocycles. The molecule has 2 rings (SSSR count). The second-order valence-corrected chi connectivity index (χ2v) is 4.41. The molecule has 1 heterocycles. The van der Waals surface area contributed by atoms with Crippen molar-refractivity contribution in [3.05, 3.63) is 41.1 Å². The minimum absolute atomic E-state index is 0.492. The molecule has 0 spiro atoms. The minimum atomic E-state index is 0.492. The zero-order valence-electron chi connectivity index (χ0n) is 10.2. The van der Waals surface area contributed by atoms with Gasteiger partial charge in [0.05, 0.1) is 11.3 Å². The first-order valence-corrected chi connectivity index (χ1v) is 5.65. The summed E-state index contributed by atoms with van der Waals surface area (Å²) in [7, 11) is 0. The Morgan fingerprint density at radius 1 is 1.24 bits per heavy atom. The van der Waals surface area contributed by atoms with Crippen LogP contribution < -0.4 is 0 Å². The molecule has 0 atom stereocenters. The van der Waals surface area contributed by atoms with Crippen LogP contribution in [-0.2, 0) is 0 Å². The van der Waals surface area contributed by atoms with Crippen LogP contribution in [0.15, 0.2) is 28.8 Å². The van der Waals surface area contributed by atoms with Gasteiger partial charge in [-0.2, -0.15) is 0 Å². The fourth-order valence-electron chi connectivity index (χ4n) is 1.74. The van der Waals surface area contributed by atoms with Crippen LogP contribution in [-0.4, -0.2) is 11.4 Å². The van der Waals surface area contributed by atoms with Crippen molar-refractivity contribution in [1.29, 1.82) is 0 Å². The smallest absolute Gasteiger partial charge is 0.177 e. The quantitative estimate of drug-likeness (QED) is 0.755. The number of rotatable bonds is 3. The Labute approximate surface area is 100 Å². The van der Waals surface area contributed by atoms with E-state index in [2.05, 4.69) is 19.0 Å². The molecular formula is C14H15NO2. The number of hydrogen-bond acceptors (Lipinski definition) is 3.